The van der Waals surface area contributed by atoms with Crippen LogP contribution in [0.15, 0.2) is 0 Å². The fraction of sp³-hybridized carbons (Fsp3) is 1.00. The summed E-state index contributed by atoms with van der Waals surface area (Å²) < 4.78 is 4.76. The predicted molar refractivity (Wildman–Crippen MR) is 42.1 cm³/mol. The van der Waals surface area contributed by atoms with Crippen LogP contribution in [-0.2, 0) is 9.57 Å². The van der Waals surface area contributed by atoms with Crippen molar-refractivity contribution in [1.29, 1.82) is 0 Å². The van der Waals surface area contributed by atoms with Crippen LogP contribution in [0.5, 0.6) is 0 Å². The summed E-state index contributed by atoms with van der Waals surface area (Å²) in [6.07, 6.45) is 0. The molecule has 0 saturated carbocycles. The minimum Gasteiger partial charge on any atom is -0.396 e. The molecule has 2 N–H and O–H groups in total. The second-order valence-corrected chi connectivity index (χ2v) is 2.48. The molecule has 0 bridgehead atoms. The van der Waals surface area contributed by atoms with Crippen LogP contribution in [0.2, 0.25) is 0 Å². The Kier molecular flexibility index (Phi) is 7.83. The predicted octanol–water partition coefficient (Wildman–Crippen LogP) is -0.218. The van der Waals surface area contributed by atoms with Gasteiger partial charge in [0.1, 0.15) is 0 Å². The van der Waals surface area contributed by atoms with E-state index in [1.54, 1.807) is 7.11 Å². The second-order valence-electron chi connectivity index (χ2n) is 2.48. The van der Waals surface area contributed by atoms with Crippen molar-refractivity contribution < 1.29 is 14.7 Å². The number of nitrogens with one attached hydrogen (secondary N) is 1. The molecule has 0 saturated heterocycles. The third kappa shape index (κ3) is 7.74. The average Bonchev–Trinajstić information content (AvgIpc) is 2.04. The summed E-state index contributed by atoms with van der Waals surface area (Å²) in [5, 5.41) is 8.62. The molecule has 11 heavy (non-hydrogen) atoms. The lowest BCUT2D eigenvalue weighted by atomic mass is 10.2. The van der Waals surface area contributed by atoms with Gasteiger partial charge in [0.15, 0.2) is 0 Å². The maximum Gasteiger partial charge on any atom is 0.0915 e. The Bertz CT molecular complexity index is 80.1. The van der Waals surface area contributed by atoms with E-state index in [9.17, 15) is 0 Å². The zero-order valence-corrected chi connectivity index (χ0v) is 7.17. The van der Waals surface area contributed by atoms with Gasteiger partial charge in [-0.3, -0.25) is 4.84 Å². The van der Waals surface area contributed by atoms with E-state index in [4.69, 9.17) is 14.7 Å². The van der Waals surface area contributed by atoms with Crippen molar-refractivity contribution in [3.63, 3.8) is 0 Å². The van der Waals surface area contributed by atoms with Crippen LogP contribution in [-0.4, -0.2) is 38.6 Å². The maximum absolute atomic E-state index is 8.62. The molecule has 68 valence electrons. The van der Waals surface area contributed by atoms with Gasteiger partial charge in [-0.25, -0.2) is 5.48 Å². The quantitative estimate of drug-likeness (QED) is 0.402. The van der Waals surface area contributed by atoms with Gasteiger partial charge < -0.3 is 9.84 Å². The van der Waals surface area contributed by atoms with Crippen molar-refractivity contribution >= 4 is 0 Å². The zero-order chi connectivity index (χ0) is 8.53. The molecular formula is C7H17NO3. The third-order valence-electron chi connectivity index (χ3n) is 1.24. The van der Waals surface area contributed by atoms with Gasteiger partial charge in [-0.05, 0) is 5.92 Å². The molecular weight excluding hydrogens is 146 g/mol. The monoisotopic (exact) mass is 163 g/mol. The van der Waals surface area contributed by atoms with E-state index >= 15 is 0 Å². The van der Waals surface area contributed by atoms with Crippen LogP contribution in [0.25, 0.3) is 0 Å². The molecule has 0 radical (unpaired) electrons. The SMILES string of the molecule is COCCONCC(C)CO. The van der Waals surface area contributed by atoms with Crippen LogP contribution in [0.1, 0.15) is 6.92 Å². The number of aliphatic hydroxyl groups is 1. The molecule has 0 rings (SSSR count). The average molecular weight is 163 g/mol. The van der Waals surface area contributed by atoms with E-state index in [2.05, 4.69) is 5.48 Å². The normalized spacial score (nSPS) is 13.4. The van der Waals surface area contributed by atoms with Crippen molar-refractivity contribution in [3.8, 4) is 0 Å². The molecule has 0 aromatic rings. The smallest absolute Gasteiger partial charge is 0.0915 e. The Morgan fingerprint density at radius 2 is 2.18 bits per heavy atom. The fourth-order valence-electron chi connectivity index (χ4n) is 0.463. The lowest BCUT2D eigenvalue weighted by Crippen LogP contribution is -2.24. The first-order valence-corrected chi connectivity index (χ1v) is 3.75. The summed E-state index contributed by atoms with van der Waals surface area (Å²) in [5.74, 6) is 0.234. The molecule has 0 aromatic heterocycles. The van der Waals surface area contributed by atoms with Crippen molar-refractivity contribution in [2.75, 3.05) is 33.5 Å². The summed E-state index contributed by atoms with van der Waals surface area (Å²) in [4.78, 5) is 4.96. The van der Waals surface area contributed by atoms with E-state index in [-0.39, 0.29) is 12.5 Å². The molecule has 1 unspecified atom stereocenters. The van der Waals surface area contributed by atoms with Gasteiger partial charge in [-0.2, -0.15) is 0 Å². The number of hydrogen-bond donors (Lipinski definition) is 2. The number of ether oxygens (including phenoxy) is 1. The Morgan fingerprint density at radius 1 is 1.45 bits per heavy atom. The molecule has 0 fully saturated rings. The minimum atomic E-state index is 0.181. The van der Waals surface area contributed by atoms with Gasteiger partial charge in [-0.15, -0.1) is 0 Å². The molecule has 1 atom stereocenters. The molecule has 0 aromatic carbocycles. The summed E-state index contributed by atoms with van der Waals surface area (Å²) in [5.41, 5.74) is 2.73. The molecule has 0 heterocycles. The van der Waals surface area contributed by atoms with E-state index < -0.39 is 0 Å². The number of aliphatic hydroxyl groups excluding tert-OH is 1. The Hall–Kier alpha value is -0.160. The highest BCUT2D eigenvalue weighted by molar-refractivity contribution is 4.48. The van der Waals surface area contributed by atoms with Gasteiger partial charge in [0.2, 0.25) is 0 Å². The van der Waals surface area contributed by atoms with E-state index in [1.165, 1.54) is 0 Å². The third-order valence-corrected chi connectivity index (χ3v) is 1.24. The maximum atomic E-state index is 8.62. The van der Waals surface area contributed by atoms with Gasteiger partial charge in [0.25, 0.3) is 0 Å². The minimum absolute atomic E-state index is 0.181. The molecule has 0 spiro atoms. The molecule has 4 nitrogen and oxygen atoms in total. The van der Waals surface area contributed by atoms with E-state index in [0.29, 0.717) is 19.8 Å². The van der Waals surface area contributed by atoms with Crippen LogP contribution in [0, 0.1) is 5.92 Å². The summed E-state index contributed by atoms with van der Waals surface area (Å²) in [6, 6.07) is 0. The number of rotatable bonds is 7. The van der Waals surface area contributed by atoms with Gasteiger partial charge in [-0.1, -0.05) is 6.92 Å². The highest BCUT2D eigenvalue weighted by atomic mass is 16.7. The van der Waals surface area contributed by atoms with Crippen molar-refractivity contribution in [1.82, 2.24) is 5.48 Å². The first-order chi connectivity index (χ1) is 5.31. The summed E-state index contributed by atoms with van der Waals surface area (Å²) in [6.45, 7) is 3.91. The van der Waals surface area contributed by atoms with E-state index in [0.717, 1.165) is 0 Å². The van der Waals surface area contributed by atoms with Gasteiger partial charge >= 0.3 is 0 Å². The highest BCUT2D eigenvalue weighted by Gasteiger charge is 1.97. The molecule has 0 aliphatic rings. The van der Waals surface area contributed by atoms with Gasteiger partial charge in [0, 0.05) is 20.3 Å². The van der Waals surface area contributed by atoms with Crippen LogP contribution < -0.4 is 5.48 Å². The van der Waals surface area contributed by atoms with Gasteiger partial charge in [0.05, 0.1) is 13.2 Å². The lowest BCUT2D eigenvalue weighted by molar-refractivity contribution is -0.00146. The number of methoxy groups -OCH3 is 1. The summed E-state index contributed by atoms with van der Waals surface area (Å²) >= 11 is 0. The highest BCUT2D eigenvalue weighted by Crippen LogP contribution is 1.87. The first kappa shape index (κ1) is 10.8. The Morgan fingerprint density at radius 3 is 2.73 bits per heavy atom. The van der Waals surface area contributed by atoms with Crippen molar-refractivity contribution in [2.24, 2.45) is 5.92 Å². The standard InChI is InChI=1S/C7H17NO3/c1-7(6-9)5-8-11-4-3-10-2/h7-9H,3-6H2,1-2H3. The molecule has 0 aliphatic carbocycles. The molecule has 0 aliphatic heterocycles. The lowest BCUT2D eigenvalue weighted by Gasteiger charge is -2.08. The van der Waals surface area contributed by atoms with Crippen LogP contribution >= 0.6 is 0 Å². The van der Waals surface area contributed by atoms with Crippen molar-refractivity contribution in [2.45, 2.75) is 6.92 Å². The fourth-order valence-corrected chi connectivity index (χ4v) is 0.463. The summed E-state index contributed by atoms with van der Waals surface area (Å²) in [7, 11) is 1.62. The molecule has 0 amide bonds. The topological polar surface area (TPSA) is 50.7 Å². The number of hydrogen-bond acceptors (Lipinski definition) is 4. The Labute approximate surface area is 67.5 Å². The number of hydroxylamine groups is 1. The van der Waals surface area contributed by atoms with Crippen LogP contribution in [0.3, 0.4) is 0 Å². The van der Waals surface area contributed by atoms with Crippen LogP contribution in [0.4, 0.5) is 0 Å². The molecule has 4 heteroatoms. The van der Waals surface area contributed by atoms with Crippen molar-refractivity contribution in [3.05, 3.63) is 0 Å². The largest absolute Gasteiger partial charge is 0.396 e. The second kappa shape index (κ2) is 7.94. The first-order valence-electron chi connectivity index (χ1n) is 3.75. The Balaban J connectivity index is 2.89. The zero-order valence-electron chi connectivity index (χ0n) is 7.17. The van der Waals surface area contributed by atoms with E-state index in [1.807, 2.05) is 6.92 Å².